The highest BCUT2D eigenvalue weighted by atomic mass is 35.6. The molecule has 3 aromatic carbocycles. The van der Waals surface area contributed by atoms with Crippen molar-refractivity contribution in [1.82, 2.24) is 0 Å². The van der Waals surface area contributed by atoms with Gasteiger partial charge in [-0.25, -0.2) is 9.59 Å². The lowest BCUT2D eigenvalue weighted by atomic mass is 9.97. The van der Waals surface area contributed by atoms with Gasteiger partial charge in [-0.1, -0.05) is 114 Å². The van der Waals surface area contributed by atoms with Crippen LogP contribution >= 0.6 is 34.8 Å². The molecule has 0 unspecified atom stereocenters. The van der Waals surface area contributed by atoms with E-state index >= 15 is 0 Å². The van der Waals surface area contributed by atoms with Gasteiger partial charge in [-0.3, -0.25) is 5.41 Å². The Balaban J connectivity index is 1.74. The van der Waals surface area contributed by atoms with Gasteiger partial charge in [0.05, 0.1) is 25.9 Å². The summed E-state index contributed by atoms with van der Waals surface area (Å²) in [4.78, 5) is 26.3. The fourth-order valence-corrected chi connectivity index (χ4v) is 4.32. The number of esters is 2. The maximum atomic E-state index is 13.3. The van der Waals surface area contributed by atoms with Crippen molar-refractivity contribution in [3.8, 4) is 0 Å². The van der Waals surface area contributed by atoms with Crippen molar-refractivity contribution in [2.45, 2.75) is 47.7 Å². The number of ether oxygens (including phenoxy) is 6. The number of carbonyl (C=O) groups excluding carboxylic acids is 2. The van der Waals surface area contributed by atoms with Gasteiger partial charge in [0.2, 0.25) is 12.2 Å². The molecule has 42 heavy (non-hydrogen) atoms. The van der Waals surface area contributed by atoms with Crippen molar-refractivity contribution in [3.63, 3.8) is 0 Å². The number of halogens is 3. The molecule has 12 heteroatoms. The molecule has 3 aromatic rings. The van der Waals surface area contributed by atoms with Crippen LogP contribution in [0, 0.1) is 5.41 Å². The van der Waals surface area contributed by atoms with E-state index in [1.165, 1.54) is 7.11 Å². The molecular formula is C30H28Cl3NO8. The number of rotatable bonds is 10. The maximum absolute atomic E-state index is 13.3. The van der Waals surface area contributed by atoms with Gasteiger partial charge in [0.15, 0.2) is 12.2 Å². The molecule has 1 aliphatic heterocycles. The fourth-order valence-electron chi connectivity index (χ4n) is 4.19. The Labute approximate surface area is 258 Å². The molecule has 0 amide bonds. The third kappa shape index (κ3) is 8.44. The lowest BCUT2D eigenvalue weighted by Crippen LogP contribution is -2.63. The zero-order valence-corrected chi connectivity index (χ0v) is 24.6. The molecule has 1 heterocycles. The van der Waals surface area contributed by atoms with Gasteiger partial charge in [-0.15, -0.1) is 0 Å². The molecule has 5 atom stereocenters. The molecule has 1 fully saturated rings. The fraction of sp³-hybridized carbons (Fsp3) is 0.300. The summed E-state index contributed by atoms with van der Waals surface area (Å²) in [5, 5.41) is 8.15. The van der Waals surface area contributed by atoms with E-state index in [0.29, 0.717) is 0 Å². The van der Waals surface area contributed by atoms with Crippen LogP contribution in [-0.4, -0.2) is 59.4 Å². The minimum absolute atomic E-state index is 0.0403. The highest BCUT2D eigenvalue weighted by Gasteiger charge is 2.54. The van der Waals surface area contributed by atoms with E-state index in [2.05, 4.69) is 0 Å². The first-order chi connectivity index (χ1) is 20.2. The first-order valence-electron chi connectivity index (χ1n) is 12.8. The highest BCUT2D eigenvalue weighted by molar-refractivity contribution is 6.76. The Kier molecular flexibility index (Phi) is 11.2. The van der Waals surface area contributed by atoms with Crippen molar-refractivity contribution < 1.29 is 38.0 Å². The Bertz CT molecular complexity index is 1320. The molecule has 4 rings (SSSR count). The Morgan fingerprint density at radius 1 is 0.762 bits per heavy atom. The zero-order valence-electron chi connectivity index (χ0n) is 22.4. The summed E-state index contributed by atoms with van der Waals surface area (Å²) in [6.07, 6.45) is -6.78. The van der Waals surface area contributed by atoms with Crippen LogP contribution in [0.5, 0.6) is 0 Å². The quantitative estimate of drug-likeness (QED) is 0.132. The molecule has 0 bridgehead atoms. The lowest BCUT2D eigenvalue weighted by molar-refractivity contribution is -0.293. The molecule has 1 saturated heterocycles. The van der Waals surface area contributed by atoms with E-state index in [0.717, 1.165) is 11.1 Å². The summed E-state index contributed by atoms with van der Waals surface area (Å²) < 4.78 is 32.6. The number of carbonyl (C=O) groups is 2. The number of nitrogens with one attached hydrogen (secondary N) is 1. The largest absolute Gasteiger partial charge is 0.467 e. The summed E-state index contributed by atoms with van der Waals surface area (Å²) in [6.45, 7) is 0.0982. The van der Waals surface area contributed by atoms with Crippen LogP contribution < -0.4 is 0 Å². The summed E-state index contributed by atoms with van der Waals surface area (Å²) in [7, 11) is 1.18. The molecule has 0 aromatic heterocycles. The summed E-state index contributed by atoms with van der Waals surface area (Å²) in [5.41, 5.74) is 1.82. The van der Waals surface area contributed by atoms with Crippen molar-refractivity contribution >= 4 is 52.6 Å². The minimum Gasteiger partial charge on any atom is -0.467 e. The molecule has 1 aliphatic rings. The van der Waals surface area contributed by atoms with Crippen LogP contribution in [0.4, 0.5) is 0 Å². The monoisotopic (exact) mass is 635 g/mol. The maximum Gasteiger partial charge on any atom is 0.338 e. The molecule has 0 aliphatic carbocycles. The van der Waals surface area contributed by atoms with Crippen molar-refractivity contribution in [2.75, 3.05) is 7.11 Å². The van der Waals surface area contributed by atoms with Gasteiger partial charge in [-0.2, -0.15) is 0 Å². The second kappa shape index (κ2) is 14.8. The van der Waals surface area contributed by atoms with Crippen LogP contribution in [0.25, 0.3) is 0 Å². The van der Waals surface area contributed by atoms with Crippen LogP contribution in [-0.2, 0) is 46.4 Å². The van der Waals surface area contributed by atoms with Crippen LogP contribution in [0.15, 0.2) is 91.0 Å². The van der Waals surface area contributed by atoms with E-state index < -0.39 is 52.3 Å². The normalized spacial score (nSPS) is 22.1. The summed E-state index contributed by atoms with van der Waals surface area (Å²) >= 11 is 17.6. The number of benzene rings is 3. The molecule has 222 valence electrons. The first kappa shape index (κ1) is 31.7. The standard InChI is InChI=1S/C30H28Cl3NO8/c1-37-27(36)24-22(38-17-19-11-5-2-6-12-19)23(39-18-20-13-7-3-8-14-20)25(28(41-24)42-29(34)30(31,32)33)40-26(35)21-15-9-4-10-16-21/h2-16,22-25,28,34H,17-18H2,1H3/t22-,23-,24+,25+,28+/m0/s1. The molecule has 1 N–H and O–H groups in total. The smallest absolute Gasteiger partial charge is 0.338 e. The molecule has 0 spiro atoms. The predicted octanol–water partition coefficient (Wildman–Crippen LogP) is 5.64. The Hall–Kier alpha value is -3.18. The lowest BCUT2D eigenvalue weighted by Gasteiger charge is -2.44. The van der Waals surface area contributed by atoms with E-state index in [1.807, 2.05) is 60.7 Å². The minimum atomic E-state index is -2.28. The number of alkyl halides is 3. The molecule has 0 radical (unpaired) electrons. The van der Waals surface area contributed by atoms with Crippen molar-refractivity contribution in [3.05, 3.63) is 108 Å². The van der Waals surface area contributed by atoms with Crippen molar-refractivity contribution in [1.29, 1.82) is 5.41 Å². The van der Waals surface area contributed by atoms with Crippen LogP contribution in [0.1, 0.15) is 21.5 Å². The average molecular weight is 637 g/mol. The second-order valence-corrected chi connectivity index (χ2v) is 11.4. The SMILES string of the molecule is COC(=O)[C@@H]1O[C@H](OC(=N)C(Cl)(Cl)Cl)[C@H](OC(=O)c2ccccc2)[C@@H](OCc2ccccc2)[C@@H]1OCc1ccccc1. The third-order valence-electron chi connectivity index (χ3n) is 6.24. The molecular weight excluding hydrogens is 609 g/mol. The van der Waals surface area contributed by atoms with Crippen LogP contribution in [0.3, 0.4) is 0 Å². The van der Waals surface area contributed by atoms with E-state index in [1.54, 1.807) is 30.3 Å². The topological polar surface area (TPSA) is 113 Å². The number of methoxy groups -OCH3 is 1. The predicted molar refractivity (Wildman–Crippen MR) is 155 cm³/mol. The number of hydrogen-bond acceptors (Lipinski definition) is 9. The van der Waals surface area contributed by atoms with Gasteiger partial charge in [0.25, 0.3) is 3.79 Å². The summed E-state index contributed by atoms with van der Waals surface area (Å²) in [6, 6.07) is 26.7. The second-order valence-electron chi connectivity index (χ2n) is 9.15. The Morgan fingerprint density at radius 3 is 1.76 bits per heavy atom. The van der Waals surface area contributed by atoms with E-state index in [9.17, 15) is 9.59 Å². The van der Waals surface area contributed by atoms with Crippen molar-refractivity contribution in [2.24, 2.45) is 0 Å². The Morgan fingerprint density at radius 2 is 1.26 bits per heavy atom. The zero-order chi connectivity index (χ0) is 30.1. The molecule has 0 saturated carbocycles. The van der Waals surface area contributed by atoms with Crippen LogP contribution in [0.2, 0.25) is 0 Å². The van der Waals surface area contributed by atoms with Gasteiger partial charge >= 0.3 is 11.9 Å². The van der Waals surface area contributed by atoms with Gasteiger partial charge in [0.1, 0.15) is 12.2 Å². The summed E-state index contributed by atoms with van der Waals surface area (Å²) in [5.74, 6) is -2.39. The van der Waals surface area contributed by atoms with Gasteiger partial charge in [0, 0.05) is 0 Å². The number of hydrogen-bond donors (Lipinski definition) is 1. The van der Waals surface area contributed by atoms with Gasteiger partial charge in [-0.05, 0) is 23.3 Å². The third-order valence-corrected chi connectivity index (χ3v) is 6.76. The van der Waals surface area contributed by atoms with E-state index in [4.69, 9.17) is 68.6 Å². The highest BCUT2D eigenvalue weighted by Crippen LogP contribution is 2.35. The van der Waals surface area contributed by atoms with Gasteiger partial charge < -0.3 is 28.4 Å². The molecule has 9 nitrogen and oxygen atoms in total. The average Bonchev–Trinajstić information content (AvgIpc) is 3.00. The van der Waals surface area contributed by atoms with E-state index in [-0.39, 0.29) is 18.8 Å². The first-order valence-corrected chi connectivity index (χ1v) is 13.9.